The molecule has 2 atom stereocenters. The number of hydrogen-bond acceptors (Lipinski definition) is 3. The molecule has 0 unspecified atom stereocenters. The molecule has 0 spiro atoms. The summed E-state index contributed by atoms with van der Waals surface area (Å²) in [5.74, 6) is 0.291. The second-order valence-corrected chi connectivity index (χ2v) is 6.68. The molecular formula is C17H30N2O3. The predicted octanol–water partition coefficient (Wildman–Crippen LogP) is 2.19. The summed E-state index contributed by atoms with van der Waals surface area (Å²) in [6, 6.07) is 0.457. The minimum atomic E-state index is 0.0391. The summed E-state index contributed by atoms with van der Waals surface area (Å²) in [7, 11) is 3.63. The fraction of sp³-hybridized carbons (Fsp3) is 0.882. The molecule has 2 fully saturated rings. The Morgan fingerprint density at radius 1 is 1.18 bits per heavy atom. The Balaban J connectivity index is 1.91. The first-order valence-corrected chi connectivity index (χ1v) is 8.60. The SMILES string of the molecule is CO[C@H]1CCCN(C(C)=O)[C@H]1CCC(=O)N(C)C1CCCC1. The van der Waals surface area contributed by atoms with Gasteiger partial charge in [-0.05, 0) is 32.1 Å². The molecular weight excluding hydrogens is 280 g/mol. The van der Waals surface area contributed by atoms with Crippen LogP contribution in [-0.2, 0) is 14.3 Å². The maximum atomic E-state index is 12.4. The van der Waals surface area contributed by atoms with Crippen LogP contribution >= 0.6 is 0 Å². The van der Waals surface area contributed by atoms with Crippen molar-refractivity contribution in [2.45, 2.75) is 76.5 Å². The number of piperidine rings is 1. The molecule has 0 aromatic rings. The monoisotopic (exact) mass is 310 g/mol. The van der Waals surface area contributed by atoms with Crippen LogP contribution in [0.25, 0.3) is 0 Å². The van der Waals surface area contributed by atoms with E-state index in [0.717, 1.165) is 32.2 Å². The number of ether oxygens (including phenoxy) is 1. The van der Waals surface area contributed by atoms with Gasteiger partial charge in [0.25, 0.3) is 0 Å². The quantitative estimate of drug-likeness (QED) is 0.782. The van der Waals surface area contributed by atoms with Crippen molar-refractivity contribution in [2.75, 3.05) is 20.7 Å². The van der Waals surface area contributed by atoms with Crippen LogP contribution < -0.4 is 0 Å². The molecule has 1 heterocycles. The zero-order chi connectivity index (χ0) is 16.1. The molecule has 0 radical (unpaired) electrons. The van der Waals surface area contributed by atoms with E-state index in [-0.39, 0.29) is 24.0 Å². The average Bonchev–Trinajstić information content (AvgIpc) is 3.05. The third-order valence-corrected chi connectivity index (χ3v) is 5.34. The van der Waals surface area contributed by atoms with E-state index < -0.39 is 0 Å². The molecule has 0 aromatic heterocycles. The Morgan fingerprint density at radius 2 is 1.86 bits per heavy atom. The lowest BCUT2D eigenvalue weighted by atomic mass is 9.94. The Kier molecular flexibility index (Phi) is 6.24. The predicted molar refractivity (Wildman–Crippen MR) is 85.5 cm³/mol. The molecule has 2 rings (SSSR count). The number of likely N-dealkylation sites (tertiary alicyclic amines) is 1. The minimum Gasteiger partial charge on any atom is -0.379 e. The maximum absolute atomic E-state index is 12.4. The van der Waals surface area contributed by atoms with Gasteiger partial charge in [-0.1, -0.05) is 12.8 Å². The topological polar surface area (TPSA) is 49.9 Å². The van der Waals surface area contributed by atoms with Crippen molar-refractivity contribution in [1.29, 1.82) is 0 Å². The summed E-state index contributed by atoms with van der Waals surface area (Å²) in [4.78, 5) is 28.1. The number of nitrogens with zero attached hydrogens (tertiary/aromatic N) is 2. The molecule has 1 aliphatic heterocycles. The Bertz CT molecular complexity index is 393. The molecule has 5 nitrogen and oxygen atoms in total. The van der Waals surface area contributed by atoms with Gasteiger partial charge in [0.05, 0.1) is 12.1 Å². The summed E-state index contributed by atoms with van der Waals surface area (Å²) < 4.78 is 5.56. The van der Waals surface area contributed by atoms with Gasteiger partial charge in [-0.25, -0.2) is 0 Å². The zero-order valence-corrected chi connectivity index (χ0v) is 14.2. The van der Waals surface area contributed by atoms with Gasteiger partial charge in [-0.3, -0.25) is 9.59 Å². The fourth-order valence-corrected chi connectivity index (χ4v) is 3.97. The van der Waals surface area contributed by atoms with Gasteiger partial charge in [-0.2, -0.15) is 0 Å². The lowest BCUT2D eigenvalue weighted by Gasteiger charge is -2.40. The van der Waals surface area contributed by atoms with Crippen molar-refractivity contribution in [3.8, 4) is 0 Å². The van der Waals surface area contributed by atoms with Crippen molar-refractivity contribution in [3.63, 3.8) is 0 Å². The van der Waals surface area contributed by atoms with Crippen LogP contribution in [-0.4, -0.2) is 60.5 Å². The van der Waals surface area contributed by atoms with E-state index in [0.29, 0.717) is 18.9 Å². The Hall–Kier alpha value is -1.10. The lowest BCUT2D eigenvalue weighted by molar-refractivity contribution is -0.140. The molecule has 0 aromatic carbocycles. The largest absolute Gasteiger partial charge is 0.379 e. The first kappa shape index (κ1) is 17.3. The third kappa shape index (κ3) is 4.00. The maximum Gasteiger partial charge on any atom is 0.222 e. The third-order valence-electron chi connectivity index (χ3n) is 5.34. The average molecular weight is 310 g/mol. The van der Waals surface area contributed by atoms with Crippen LogP contribution in [0, 0.1) is 0 Å². The van der Waals surface area contributed by atoms with Crippen molar-refractivity contribution < 1.29 is 14.3 Å². The second kappa shape index (κ2) is 7.95. The Labute approximate surface area is 134 Å². The molecule has 0 bridgehead atoms. The van der Waals surface area contributed by atoms with Gasteiger partial charge >= 0.3 is 0 Å². The number of rotatable bonds is 5. The van der Waals surface area contributed by atoms with E-state index in [9.17, 15) is 9.59 Å². The van der Waals surface area contributed by atoms with E-state index in [1.807, 2.05) is 16.8 Å². The molecule has 2 amide bonds. The van der Waals surface area contributed by atoms with E-state index >= 15 is 0 Å². The summed E-state index contributed by atoms with van der Waals surface area (Å²) in [5, 5.41) is 0. The molecule has 1 saturated heterocycles. The standard InChI is InChI=1S/C17H30N2O3/c1-13(20)19-12-6-9-16(22-3)15(19)10-11-17(21)18(2)14-7-4-5-8-14/h14-16H,4-12H2,1-3H3/t15-,16-/m0/s1. The molecule has 5 heteroatoms. The van der Waals surface area contributed by atoms with E-state index in [1.54, 1.807) is 14.0 Å². The van der Waals surface area contributed by atoms with Crippen LogP contribution in [0.1, 0.15) is 58.3 Å². The summed E-state index contributed by atoms with van der Waals surface area (Å²) in [6.45, 7) is 2.39. The number of carbonyl (C=O) groups excluding carboxylic acids is 2. The number of amides is 2. The molecule has 0 N–H and O–H groups in total. The van der Waals surface area contributed by atoms with Gasteiger partial charge in [-0.15, -0.1) is 0 Å². The second-order valence-electron chi connectivity index (χ2n) is 6.68. The van der Waals surface area contributed by atoms with Crippen LogP contribution in [0.15, 0.2) is 0 Å². The molecule has 1 aliphatic carbocycles. The van der Waals surface area contributed by atoms with Crippen molar-refractivity contribution in [2.24, 2.45) is 0 Å². The highest BCUT2D eigenvalue weighted by molar-refractivity contribution is 5.77. The smallest absolute Gasteiger partial charge is 0.222 e. The van der Waals surface area contributed by atoms with Crippen LogP contribution in [0.2, 0.25) is 0 Å². The molecule has 1 saturated carbocycles. The van der Waals surface area contributed by atoms with E-state index in [4.69, 9.17) is 4.74 Å². The van der Waals surface area contributed by atoms with Crippen LogP contribution in [0.4, 0.5) is 0 Å². The van der Waals surface area contributed by atoms with Gasteiger partial charge < -0.3 is 14.5 Å². The van der Waals surface area contributed by atoms with Gasteiger partial charge in [0.15, 0.2) is 0 Å². The Morgan fingerprint density at radius 3 is 2.45 bits per heavy atom. The summed E-state index contributed by atoms with van der Waals surface area (Å²) in [6.07, 6.45) is 7.93. The minimum absolute atomic E-state index is 0.0391. The van der Waals surface area contributed by atoms with Gasteiger partial charge in [0.1, 0.15) is 0 Å². The highest BCUT2D eigenvalue weighted by atomic mass is 16.5. The number of carbonyl (C=O) groups is 2. The fourth-order valence-electron chi connectivity index (χ4n) is 3.97. The van der Waals surface area contributed by atoms with Crippen molar-refractivity contribution >= 4 is 11.8 Å². The highest BCUT2D eigenvalue weighted by Gasteiger charge is 2.33. The number of methoxy groups -OCH3 is 1. The molecule has 22 heavy (non-hydrogen) atoms. The highest BCUT2D eigenvalue weighted by Crippen LogP contribution is 2.26. The van der Waals surface area contributed by atoms with Crippen molar-refractivity contribution in [3.05, 3.63) is 0 Å². The van der Waals surface area contributed by atoms with Gasteiger partial charge in [0, 0.05) is 40.1 Å². The molecule has 2 aliphatic rings. The van der Waals surface area contributed by atoms with Crippen LogP contribution in [0.5, 0.6) is 0 Å². The number of hydrogen-bond donors (Lipinski definition) is 0. The first-order valence-electron chi connectivity index (χ1n) is 8.60. The van der Waals surface area contributed by atoms with E-state index in [2.05, 4.69) is 0 Å². The van der Waals surface area contributed by atoms with Crippen LogP contribution in [0.3, 0.4) is 0 Å². The zero-order valence-electron chi connectivity index (χ0n) is 14.2. The van der Waals surface area contributed by atoms with Crippen molar-refractivity contribution in [1.82, 2.24) is 9.80 Å². The lowest BCUT2D eigenvalue weighted by Crippen LogP contribution is -2.51. The normalized spacial score (nSPS) is 26.2. The first-order chi connectivity index (χ1) is 10.5. The molecule has 126 valence electrons. The van der Waals surface area contributed by atoms with E-state index in [1.165, 1.54) is 12.8 Å². The summed E-state index contributed by atoms with van der Waals surface area (Å²) in [5.41, 5.74) is 0. The summed E-state index contributed by atoms with van der Waals surface area (Å²) >= 11 is 0. The van der Waals surface area contributed by atoms with Gasteiger partial charge in [0.2, 0.25) is 11.8 Å².